The van der Waals surface area contributed by atoms with E-state index in [1.165, 1.54) is 0 Å². The normalized spacial score (nSPS) is 10.5. The largest absolute Gasteiger partial charge is 0.494 e. The number of carbonyl (C=O) groups excluding carboxylic acids is 2. The molecule has 3 N–H and O–H groups in total. The van der Waals surface area contributed by atoms with Crippen LogP contribution in [0.15, 0.2) is 78.9 Å². The van der Waals surface area contributed by atoms with Gasteiger partial charge in [0.15, 0.2) is 5.11 Å². The van der Waals surface area contributed by atoms with Crippen LogP contribution in [0, 0.1) is 5.92 Å². The maximum Gasteiger partial charge on any atom is 0.257 e. The first-order chi connectivity index (χ1) is 16.9. The Labute approximate surface area is 212 Å². The van der Waals surface area contributed by atoms with E-state index in [2.05, 4.69) is 29.8 Å². The molecule has 2 amide bonds. The van der Waals surface area contributed by atoms with Crippen LogP contribution in [0.3, 0.4) is 0 Å². The maximum absolute atomic E-state index is 12.7. The molecule has 0 aliphatic heterocycles. The molecule has 3 aromatic carbocycles. The lowest BCUT2D eigenvalue weighted by Gasteiger charge is -2.14. The highest BCUT2D eigenvalue weighted by molar-refractivity contribution is 7.80. The van der Waals surface area contributed by atoms with Gasteiger partial charge >= 0.3 is 0 Å². The van der Waals surface area contributed by atoms with Crippen LogP contribution in [0.1, 0.15) is 46.5 Å². The molecule has 0 saturated heterocycles. The molecule has 0 spiro atoms. The predicted octanol–water partition coefficient (Wildman–Crippen LogP) is 5.21. The van der Waals surface area contributed by atoms with Crippen molar-refractivity contribution in [1.82, 2.24) is 10.6 Å². The van der Waals surface area contributed by atoms with Crippen molar-refractivity contribution in [2.45, 2.75) is 26.7 Å². The van der Waals surface area contributed by atoms with Crippen LogP contribution in [-0.2, 0) is 6.42 Å². The zero-order valence-electron chi connectivity index (χ0n) is 20.0. The number of ether oxygens (including phenoxy) is 1. The molecule has 0 aliphatic carbocycles. The number of hydrogen-bond acceptors (Lipinski definition) is 4. The Morgan fingerprint density at radius 1 is 0.886 bits per heavy atom. The fourth-order valence-corrected chi connectivity index (χ4v) is 3.50. The predicted molar refractivity (Wildman–Crippen MR) is 144 cm³/mol. The Hall–Kier alpha value is -3.71. The van der Waals surface area contributed by atoms with Crippen LogP contribution >= 0.6 is 12.2 Å². The van der Waals surface area contributed by atoms with E-state index < -0.39 is 0 Å². The molecule has 0 atom stereocenters. The van der Waals surface area contributed by atoms with Crippen molar-refractivity contribution < 1.29 is 14.3 Å². The summed E-state index contributed by atoms with van der Waals surface area (Å²) >= 11 is 5.32. The van der Waals surface area contributed by atoms with E-state index in [1.807, 2.05) is 30.3 Å². The first kappa shape index (κ1) is 25.9. The Kier molecular flexibility index (Phi) is 9.80. The van der Waals surface area contributed by atoms with E-state index in [1.54, 1.807) is 48.5 Å². The zero-order chi connectivity index (χ0) is 25.0. The van der Waals surface area contributed by atoms with Crippen molar-refractivity contribution in [2.75, 3.05) is 18.5 Å². The van der Waals surface area contributed by atoms with E-state index in [0.717, 1.165) is 24.2 Å². The lowest BCUT2D eigenvalue weighted by molar-refractivity contribution is 0.0953. The minimum Gasteiger partial charge on any atom is -0.494 e. The summed E-state index contributed by atoms with van der Waals surface area (Å²) in [4.78, 5) is 25.3. The van der Waals surface area contributed by atoms with E-state index in [9.17, 15) is 9.59 Å². The number of carbonyl (C=O) groups is 2. The zero-order valence-corrected chi connectivity index (χ0v) is 20.9. The van der Waals surface area contributed by atoms with Crippen molar-refractivity contribution in [3.63, 3.8) is 0 Å². The first-order valence-electron chi connectivity index (χ1n) is 11.7. The average Bonchev–Trinajstić information content (AvgIpc) is 2.85. The second-order valence-electron chi connectivity index (χ2n) is 8.50. The molecule has 0 saturated carbocycles. The Morgan fingerprint density at radius 2 is 1.57 bits per heavy atom. The van der Waals surface area contributed by atoms with Crippen LogP contribution in [0.2, 0.25) is 0 Å². The highest BCUT2D eigenvalue weighted by Crippen LogP contribution is 2.16. The second kappa shape index (κ2) is 13.2. The third kappa shape index (κ3) is 8.54. The van der Waals surface area contributed by atoms with Crippen molar-refractivity contribution >= 4 is 34.8 Å². The molecule has 7 heteroatoms. The number of benzene rings is 3. The van der Waals surface area contributed by atoms with Gasteiger partial charge < -0.3 is 15.4 Å². The van der Waals surface area contributed by atoms with E-state index in [4.69, 9.17) is 17.0 Å². The number of anilines is 1. The van der Waals surface area contributed by atoms with E-state index in [0.29, 0.717) is 35.9 Å². The summed E-state index contributed by atoms with van der Waals surface area (Å²) in [5.41, 5.74) is 2.57. The van der Waals surface area contributed by atoms with Crippen molar-refractivity contribution in [3.05, 3.63) is 95.6 Å². The van der Waals surface area contributed by atoms with Gasteiger partial charge in [-0.3, -0.25) is 14.9 Å². The van der Waals surface area contributed by atoms with Gasteiger partial charge in [-0.2, -0.15) is 0 Å². The topological polar surface area (TPSA) is 79.5 Å². The molecule has 0 unspecified atom stereocenters. The van der Waals surface area contributed by atoms with E-state index in [-0.39, 0.29) is 16.9 Å². The summed E-state index contributed by atoms with van der Waals surface area (Å²) in [7, 11) is 0. The Balaban J connectivity index is 1.52. The molecule has 0 aliphatic rings. The number of para-hydroxylation sites is 1. The van der Waals surface area contributed by atoms with Crippen LogP contribution in [0.25, 0.3) is 0 Å². The smallest absolute Gasteiger partial charge is 0.257 e. The number of rotatable bonds is 10. The molecule has 0 fully saturated rings. The number of amides is 2. The van der Waals surface area contributed by atoms with Gasteiger partial charge in [0, 0.05) is 12.1 Å². The summed E-state index contributed by atoms with van der Waals surface area (Å²) in [6.07, 6.45) is 1.70. The lowest BCUT2D eigenvalue weighted by Crippen LogP contribution is -2.35. The standard InChI is InChI=1S/C28H31N3O3S/c1-20(2)17-19-34-23-14-12-22(13-15-23)26(32)31-28(35)30-25-11-7-6-10-24(25)27(33)29-18-16-21-8-4-3-5-9-21/h3-15,20H,16-19H2,1-2H3,(H,29,33)(H2,30,31,32,35). The van der Waals surface area contributed by atoms with Gasteiger partial charge in [-0.05, 0) is 72.9 Å². The van der Waals surface area contributed by atoms with Gasteiger partial charge in [0.2, 0.25) is 0 Å². The molecule has 35 heavy (non-hydrogen) atoms. The van der Waals surface area contributed by atoms with Crippen molar-refractivity contribution in [1.29, 1.82) is 0 Å². The molecule has 0 radical (unpaired) electrons. The fraction of sp³-hybridized carbons (Fsp3) is 0.250. The maximum atomic E-state index is 12.7. The van der Waals surface area contributed by atoms with Crippen LogP contribution in [0.4, 0.5) is 5.69 Å². The van der Waals surface area contributed by atoms with Gasteiger partial charge in [-0.25, -0.2) is 0 Å². The van der Waals surface area contributed by atoms with Gasteiger partial charge in [0.1, 0.15) is 5.75 Å². The lowest BCUT2D eigenvalue weighted by atomic mass is 10.1. The summed E-state index contributed by atoms with van der Waals surface area (Å²) in [5, 5.41) is 8.67. The van der Waals surface area contributed by atoms with Crippen molar-refractivity contribution in [3.8, 4) is 5.75 Å². The highest BCUT2D eigenvalue weighted by atomic mass is 32.1. The molecule has 6 nitrogen and oxygen atoms in total. The number of hydrogen-bond donors (Lipinski definition) is 3. The molecule has 3 rings (SSSR count). The van der Waals surface area contributed by atoms with Crippen molar-refractivity contribution in [2.24, 2.45) is 5.92 Å². The third-order valence-corrected chi connectivity index (χ3v) is 5.47. The minimum atomic E-state index is -0.346. The van der Waals surface area contributed by atoms with Gasteiger partial charge in [-0.15, -0.1) is 0 Å². The molecular formula is C28H31N3O3S. The molecule has 0 heterocycles. The number of nitrogens with one attached hydrogen (secondary N) is 3. The molecule has 0 aromatic heterocycles. The third-order valence-electron chi connectivity index (χ3n) is 5.27. The summed E-state index contributed by atoms with van der Waals surface area (Å²) in [6.45, 7) is 5.43. The average molecular weight is 490 g/mol. The van der Waals surface area contributed by atoms with Crippen LogP contribution in [-0.4, -0.2) is 30.1 Å². The Bertz CT molecular complexity index is 1130. The summed E-state index contributed by atoms with van der Waals surface area (Å²) < 4.78 is 5.69. The quantitative estimate of drug-likeness (QED) is 0.341. The monoisotopic (exact) mass is 489 g/mol. The number of thiocarbonyl (C=S) groups is 1. The second-order valence-corrected chi connectivity index (χ2v) is 8.91. The molecule has 182 valence electrons. The van der Waals surface area contributed by atoms with Crippen LogP contribution in [0.5, 0.6) is 5.75 Å². The van der Waals surface area contributed by atoms with Gasteiger partial charge in [0.05, 0.1) is 17.9 Å². The highest BCUT2D eigenvalue weighted by Gasteiger charge is 2.13. The molecule has 0 bridgehead atoms. The van der Waals surface area contributed by atoms with Crippen LogP contribution < -0.4 is 20.7 Å². The SMILES string of the molecule is CC(C)CCOc1ccc(C(=O)NC(=S)Nc2ccccc2C(=O)NCCc2ccccc2)cc1. The fourth-order valence-electron chi connectivity index (χ4n) is 3.29. The Morgan fingerprint density at radius 3 is 2.29 bits per heavy atom. The molecular weight excluding hydrogens is 458 g/mol. The summed E-state index contributed by atoms with van der Waals surface area (Å²) in [5.74, 6) is 0.724. The minimum absolute atomic E-state index is 0.108. The first-order valence-corrected chi connectivity index (χ1v) is 12.1. The summed E-state index contributed by atoms with van der Waals surface area (Å²) in [6, 6.07) is 23.9. The van der Waals surface area contributed by atoms with Gasteiger partial charge in [0.25, 0.3) is 11.8 Å². The van der Waals surface area contributed by atoms with Gasteiger partial charge in [-0.1, -0.05) is 56.3 Å². The van der Waals surface area contributed by atoms with E-state index >= 15 is 0 Å². The molecule has 3 aromatic rings.